The summed E-state index contributed by atoms with van der Waals surface area (Å²) in [6, 6.07) is 5.44. The van der Waals surface area contributed by atoms with Gasteiger partial charge in [-0.15, -0.1) is 0 Å². The number of halogens is 2. The summed E-state index contributed by atoms with van der Waals surface area (Å²) < 4.78 is 6.05. The van der Waals surface area contributed by atoms with E-state index in [0.29, 0.717) is 11.6 Å². The van der Waals surface area contributed by atoms with Crippen molar-refractivity contribution in [1.29, 1.82) is 0 Å². The van der Waals surface area contributed by atoms with E-state index < -0.39 is 0 Å². The first-order chi connectivity index (χ1) is 7.15. The van der Waals surface area contributed by atoms with Crippen molar-refractivity contribution in [3.05, 3.63) is 33.3 Å². The first-order valence-electron chi connectivity index (χ1n) is 4.48. The van der Waals surface area contributed by atoms with Crippen LogP contribution >= 0.6 is 27.5 Å². The van der Waals surface area contributed by atoms with Gasteiger partial charge in [-0.1, -0.05) is 27.5 Å². The largest absolute Gasteiger partial charge is 0.369 e. The maximum Gasteiger partial charge on any atom is 0.246 e. The number of benzene rings is 1. The van der Waals surface area contributed by atoms with Crippen molar-refractivity contribution >= 4 is 33.4 Å². The van der Waals surface area contributed by atoms with E-state index >= 15 is 0 Å². The number of nitrogens with one attached hydrogen (secondary N) is 1. The van der Waals surface area contributed by atoms with Crippen molar-refractivity contribution in [3.63, 3.8) is 0 Å². The molecule has 0 radical (unpaired) electrons. The summed E-state index contributed by atoms with van der Waals surface area (Å²) in [5.41, 5.74) is 0.947. The minimum absolute atomic E-state index is 0.0950. The topological polar surface area (TPSA) is 38.3 Å². The highest BCUT2D eigenvalue weighted by molar-refractivity contribution is 9.10. The van der Waals surface area contributed by atoms with Gasteiger partial charge in [0.05, 0.1) is 12.6 Å². The summed E-state index contributed by atoms with van der Waals surface area (Å²) in [6.45, 7) is 0.622. The molecule has 0 aromatic heterocycles. The zero-order valence-corrected chi connectivity index (χ0v) is 10.1. The predicted octanol–water partition coefficient (Wildman–Crippen LogP) is 2.29. The second-order valence-electron chi connectivity index (χ2n) is 3.34. The van der Waals surface area contributed by atoms with E-state index in [4.69, 9.17) is 16.3 Å². The summed E-state index contributed by atoms with van der Waals surface area (Å²) in [5.74, 6) is -0.0950. The van der Waals surface area contributed by atoms with Crippen LogP contribution in [-0.4, -0.2) is 19.1 Å². The highest BCUT2D eigenvalue weighted by Crippen LogP contribution is 2.25. The van der Waals surface area contributed by atoms with Crippen molar-refractivity contribution in [3.8, 4) is 0 Å². The molecule has 80 valence electrons. The van der Waals surface area contributed by atoms with Crippen LogP contribution in [0.1, 0.15) is 11.6 Å². The van der Waals surface area contributed by atoms with Gasteiger partial charge in [0.15, 0.2) is 0 Å². The number of rotatable bonds is 1. The molecule has 0 saturated carbocycles. The maximum absolute atomic E-state index is 11.1. The van der Waals surface area contributed by atoms with Crippen LogP contribution in [0, 0.1) is 0 Å². The molecule has 2 rings (SSSR count). The molecular formula is C10H9BrClNO2. The number of carbonyl (C=O) groups is 1. The lowest BCUT2D eigenvalue weighted by molar-refractivity contribution is -0.131. The molecule has 15 heavy (non-hydrogen) atoms. The lowest BCUT2D eigenvalue weighted by Gasteiger charge is -2.24. The fraction of sp³-hybridized carbons (Fsp3) is 0.300. The van der Waals surface area contributed by atoms with Crippen LogP contribution in [0.4, 0.5) is 0 Å². The van der Waals surface area contributed by atoms with Crippen molar-refractivity contribution in [2.75, 3.05) is 13.2 Å². The molecule has 1 aliphatic rings. The van der Waals surface area contributed by atoms with Crippen molar-refractivity contribution in [1.82, 2.24) is 5.32 Å². The van der Waals surface area contributed by atoms with Crippen LogP contribution in [-0.2, 0) is 9.53 Å². The third kappa shape index (κ3) is 2.71. The smallest absolute Gasteiger partial charge is 0.246 e. The summed E-state index contributed by atoms with van der Waals surface area (Å²) >= 11 is 9.28. The van der Waals surface area contributed by atoms with Gasteiger partial charge in [0.2, 0.25) is 5.91 Å². The molecule has 1 N–H and O–H groups in total. The predicted molar refractivity (Wildman–Crippen MR) is 60.9 cm³/mol. The molecule has 1 aromatic rings. The van der Waals surface area contributed by atoms with Crippen molar-refractivity contribution < 1.29 is 9.53 Å². The van der Waals surface area contributed by atoms with Gasteiger partial charge < -0.3 is 10.1 Å². The second-order valence-corrected chi connectivity index (χ2v) is 4.69. The molecule has 0 bridgehead atoms. The molecule has 1 heterocycles. The fourth-order valence-electron chi connectivity index (χ4n) is 1.50. The lowest BCUT2D eigenvalue weighted by atomic mass is 10.1. The number of ether oxygens (including phenoxy) is 1. The van der Waals surface area contributed by atoms with E-state index in [2.05, 4.69) is 21.2 Å². The Kier molecular flexibility index (Phi) is 3.29. The summed E-state index contributed by atoms with van der Waals surface area (Å²) in [5, 5.41) is 3.48. The molecule has 0 aliphatic carbocycles. The molecule has 1 aliphatic heterocycles. The standard InChI is InChI=1S/C10H9BrClNO2/c11-7-1-6(2-8(12)3-7)9-4-15-5-10(14)13-9/h1-3,9H,4-5H2,(H,13,14). The van der Waals surface area contributed by atoms with Crippen LogP contribution in [0.3, 0.4) is 0 Å². The molecule has 1 saturated heterocycles. The zero-order chi connectivity index (χ0) is 10.8. The number of morpholine rings is 1. The molecule has 1 atom stereocenters. The highest BCUT2D eigenvalue weighted by Gasteiger charge is 2.20. The van der Waals surface area contributed by atoms with Gasteiger partial charge in [-0.3, -0.25) is 4.79 Å². The molecule has 5 heteroatoms. The average Bonchev–Trinajstić information content (AvgIpc) is 2.16. The Morgan fingerprint density at radius 3 is 2.93 bits per heavy atom. The Morgan fingerprint density at radius 2 is 2.27 bits per heavy atom. The summed E-state index contributed by atoms with van der Waals surface area (Å²) in [6.07, 6.45) is 0. The Morgan fingerprint density at radius 1 is 1.47 bits per heavy atom. The molecule has 1 unspecified atom stereocenters. The summed E-state index contributed by atoms with van der Waals surface area (Å²) in [4.78, 5) is 11.1. The van der Waals surface area contributed by atoms with Gasteiger partial charge in [-0.05, 0) is 23.8 Å². The number of hydrogen-bond acceptors (Lipinski definition) is 2. The zero-order valence-electron chi connectivity index (χ0n) is 7.80. The second kappa shape index (κ2) is 4.51. The van der Waals surface area contributed by atoms with Gasteiger partial charge in [-0.25, -0.2) is 0 Å². The van der Waals surface area contributed by atoms with Gasteiger partial charge in [0, 0.05) is 9.50 Å². The van der Waals surface area contributed by atoms with E-state index in [1.54, 1.807) is 6.07 Å². The third-order valence-corrected chi connectivity index (χ3v) is 2.82. The summed E-state index contributed by atoms with van der Waals surface area (Å²) in [7, 11) is 0. The van der Waals surface area contributed by atoms with E-state index in [0.717, 1.165) is 10.0 Å². The molecule has 1 aromatic carbocycles. The Bertz CT molecular complexity index is 377. The van der Waals surface area contributed by atoms with Crippen LogP contribution in [0.25, 0.3) is 0 Å². The van der Waals surface area contributed by atoms with Crippen LogP contribution in [0.2, 0.25) is 5.02 Å². The van der Waals surface area contributed by atoms with Crippen LogP contribution in [0.5, 0.6) is 0 Å². The first kappa shape index (κ1) is 10.9. The molecule has 0 spiro atoms. The van der Waals surface area contributed by atoms with Crippen LogP contribution < -0.4 is 5.32 Å². The normalized spacial score (nSPS) is 21.2. The monoisotopic (exact) mass is 289 g/mol. The average molecular weight is 291 g/mol. The van der Waals surface area contributed by atoms with E-state index in [9.17, 15) is 4.79 Å². The van der Waals surface area contributed by atoms with Gasteiger partial charge in [-0.2, -0.15) is 0 Å². The van der Waals surface area contributed by atoms with Crippen LogP contribution in [0.15, 0.2) is 22.7 Å². The Balaban J connectivity index is 2.24. The molecule has 1 fully saturated rings. The van der Waals surface area contributed by atoms with E-state index in [1.165, 1.54) is 0 Å². The molecular weight excluding hydrogens is 281 g/mol. The Labute approximate surface area is 101 Å². The van der Waals surface area contributed by atoms with Crippen molar-refractivity contribution in [2.24, 2.45) is 0 Å². The number of amides is 1. The number of carbonyl (C=O) groups excluding carboxylic acids is 1. The van der Waals surface area contributed by atoms with Gasteiger partial charge in [0.25, 0.3) is 0 Å². The highest BCUT2D eigenvalue weighted by atomic mass is 79.9. The SMILES string of the molecule is O=C1COCC(c2cc(Cl)cc(Br)c2)N1. The Hall–Kier alpha value is -0.580. The van der Waals surface area contributed by atoms with E-state index in [1.807, 2.05) is 12.1 Å². The van der Waals surface area contributed by atoms with Gasteiger partial charge >= 0.3 is 0 Å². The minimum Gasteiger partial charge on any atom is -0.369 e. The molecule has 1 amide bonds. The van der Waals surface area contributed by atoms with Crippen molar-refractivity contribution in [2.45, 2.75) is 6.04 Å². The maximum atomic E-state index is 11.1. The molecule has 3 nitrogen and oxygen atoms in total. The minimum atomic E-state index is -0.110. The van der Waals surface area contributed by atoms with Gasteiger partial charge in [0.1, 0.15) is 6.61 Å². The fourth-order valence-corrected chi connectivity index (χ4v) is 2.39. The third-order valence-electron chi connectivity index (χ3n) is 2.14. The number of hydrogen-bond donors (Lipinski definition) is 1. The lowest BCUT2D eigenvalue weighted by Crippen LogP contribution is -2.39. The quantitative estimate of drug-likeness (QED) is 0.862. The first-order valence-corrected chi connectivity index (χ1v) is 5.65. The van der Waals surface area contributed by atoms with E-state index in [-0.39, 0.29) is 18.6 Å².